The van der Waals surface area contributed by atoms with Gasteiger partial charge >= 0.3 is 0 Å². The zero-order valence-corrected chi connectivity index (χ0v) is 13.2. The molecule has 6 nitrogen and oxygen atoms in total. The van der Waals surface area contributed by atoms with Crippen molar-refractivity contribution < 1.29 is 13.2 Å². The van der Waals surface area contributed by atoms with E-state index in [1.54, 1.807) is 25.8 Å². The van der Waals surface area contributed by atoms with Crippen molar-refractivity contribution in [3.63, 3.8) is 0 Å². The molecule has 0 atom stereocenters. The fourth-order valence-corrected chi connectivity index (χ4v) is 3.24. The fourth-order valence-electron chi connectivity index (χ4n) is 1.71. The summed E-state index contributed by atoms with van der Waals surface area (Å²) in [5, 5.41) is 4.06. The quantitative estimate of drug-likeness (QED) is 0.786. The Morgan fingerprint density at radius 2 is 1.95 bits per heavy atom. The van der Waals surface area contributed by atoms with Crippen molar-refractivity contribution in [2.45, 2.75) is 45.2 Å². The average molecular weight is 308 g/mol. The first kappa shape index (κ1) is 16.0. The minimum atomic E-state index is -3.85. The number of halogens is 1. The van der Waals surface area contributed by atoms with E-state index in [0.29, 0.717) is 11.4 Å². The van der Waals surface area contributed by atoms with Gasteiger partial charge in [0.05, 0.1) is 11.4 Å². The number of hydrogen-bond donors (Lipinski definition) is 0. The minimum absolute atomic E-state index is 0.00619. The third kappa shape index (κ3) is 3.48. The highest BCUT2D eigenvalue weighted by molar-refractivity contribution is 8.13. The predicted octanol–water partition coefficient (Wildman–Crippen LogP) is 1.29. The molecule has 0 aliphatic carbocycles. The largest absolute Gasteiger partial charge is 0.342 e. The van der Waals surface area contributed by atoms with Crippen LogP contribution in [0.15, 0.2) is 4.90 Å². The van der Waals surface area contributed by atoms with Crippen molar-refractivity contribution >= 4 is 25.6 Å². The number of hydrogen-bond acceptors (Lipinski definition) is 4. The van der Waals surface area contributed by atoms with Gasteiger partial charge in [0.15, 0.2) is 0 Å². The SMILES string of the molecule is Cc1nn(CC(=O)N(C)C(C)C)c(C)c1S(=O)(=O)Cl. The van der Waals surface area contributed by atoms with Crippen LogP contribution in [0.25, 0.3) is 0 Å². The van der Waals surface area contributed by atoms with E-state index in [2.05, 4.69) is 5.10 Å². The first-order valence-electron chi connectivity index (χ1n) is 5.80. The second-order valence-electron chi connectivity index (χ2n) is 4.69. The summed E-state index contributed by atoms with van der Waals surface area (Å²) in [5.41, 5.74) is 0.672. The van der Waals surface area contributed by atoms with E-state index in [1.807, 2.05) is 13.8 Å². The average Bonchev–Trinajstić information content (AvgIpc) is 2.51. The molecule has 0 N–H and O–H groups in total. The summed E-state index contributed by atoms with van der Waals surface area (Å²) in [7, 11) is 3.20. The molecule has 0 fully saturated rings. The van der Waals surface area contributed by atoms with Crippen LogP contribution in [0.1, 0.15) is 25.2 Å². The molecule has 1 aromatic heterocycles. The summed E-state index contributed by atoms with van der Waals surface area (Å²) in [5.74, 6) is -0.140. The molecular weight excluding hydrogens is 290 g/mol. The van der Waals surface area contributed by atoms with Crippen LogP contribution in [0, 0.1) is 13.8 Å². The summed E-state index contributed by atoms with van der Waals surface area (Å²) in [4.78, 5) is 13.5. The minimum Gasteiger partial charge on any atom is -0.342 e. The Hall–Kier alpha value is -1.08. The summed E-state index contributed by atoms with van der Waals surface area (Å²) < 4.78 is 24.2. The standard InChI is InChI=1S/C11H18ClN3O3S/c1-7(2)14(5)10(16)6-15-9(4)11(8(3)13-15)19(12,17)18/h7H,6H2,1-5H3. The highest BCUT2D eigenvalue weighted by Crippen LogP contribution is 2.23. The summed E-state index contributed by atoms with van der Waals surface area (Å²) in [6, 6.07) is 0.0701. The number of carbonyl (C=O) groups excluding carboxylic acids is 1. The Bertz CT molecular complexity index is 593. The lowest BCUT2D eigenvalue weighted by Gasteiger charge is -2.21. The molecule has 1 amide bonds. The van der Waals surface area contributed by atoms with Crippen molar-refractivity contribution in [2.75, 3.05) is 7.05 Å². The Balaban J connectivity index is 3.09. The molecule has 0 saturated carbocycles. The van der Waals surface area contributed by atoms with Crippen LogP contribution in [0.5, 0.6) is 0 Å². The van der Waals surface area contributed by atoms with Crippen LogP contribution in [0.3, 0.4) is 0 Å². The number of aromatic nitrogens is 2. The van der Waals surface area contributed by atoms with Gasteiger partial charge in [-0.3, -0.25) is 9.48 Å². The highest BCUT2D eigenvalue weighted by Gasteiger charge is 2.24. The summed E-state index contributed by atoms with van der Waals surface area (Å²) >= 11 is 0. The normalized spacial score (nSPS) is 11.9. The Morgan fingerprint density at radius 3 is 2.32 bits per heavy atom. The number of nitrogens with zero attached hydrogens (tertiary/aromatic N) is 3. The van der Waals surface area contributed by atoms with Crippen molar-refractivity contribution in [1.29, 1.82) is 0 Å². The van der Waals surface area contributed by atoms with Crippen LogP contribution in [-0.4, -0.2) is 42.1 Å². The van der Waals surface area contributed by atoms with Gasteiger partial charge in [0.2, 0.25) is 5.91 Å². The third-order valence-corrected chi connectivity index (χ3v) is 4.55. The number of rotatable bonds is 4. The van der Waals surface area contributed by atoms with E-state index in [1.165, 1.54) is 4.68 Å². The molecule has 0 radical (unpaired) electrons. The van der Waals surface area contributed by atoms with E-state index in [4.69, 9.17) is 10.7 Å². The Kier molecular flexibility index (Phi) is 4.63. The van der Waals surface area contributed by atoms with E-state index in [0.717, 1.165) is 0 Å². The maximum atomic E-state index is 12.0. The molecule has 1 aromatic rings. The van der Waals surface area contributed by atoms with Gasteiger partial charge in [-0.1, -0.05) is 0 Å². The van der Waals surface area contributed by atoms with Crippen molar-refractivity contribution in [3.05, 3.63) is 11.4 Å². The van der Waals surface area contributed by atoms with Gasteiger partial charge in [0, 0.05) is 23.8 Å². The Labute approximate surface area is 117 Å². The molecular formula is C11H18ClN3O3S. The zero-order chi connectivity index (χ0) is 15.0. The molecule has 19 heavy (non-hydrogen) atoms. The van der Waals surface area contributed by atoms with Gasteiger partial charge in [-0.05, 0) is 27.7 Å². The molecule has 8 heteroatoms. The van der Waals surface area contributed by atoms with E-state index in [-0.39, 0.29) is 23.4 Å². The summed E-state index contributed by atoms with van der Waals surface area (Å²) in [6.07, 6.45) is 0. The van der Waals surface area contributed by atoms with Crippen LogP contribution < -0.4 is 0 Å². The van der Waals surface area contributed by atoms with Crippen LogP contribution in [-0.2, 0) is 20.4 Å². The Morgan fingerprint density at radius 1 is 1.42 bits per heavy atom. The van der Waals surface area contributed by atoms with Gasteiger partial charge in [0.25, 0.3) is 9.05 Å². The fraction of sp³-hybridized carbons (Fsp3) is 0.636. The van der Waals surface area contributed by atoms with E-state index >= 15 is 0 Å². The molecule has 0 spiro atoms. The smallest absolute Gasteiger partial charge is 0.264 e. The lowest BCUT2D eigenvalue weighted by atomic mass is 10.3. The summed E-state index contributed by atoms with van der Waals surface area (Å²) in [6.45, 7) is 6.92. The van der Waals surface area contributed by atoms with Crippen molar-refractivity contribution in [2.24, 2.45) is 0 Å². The molecule has 0 aromatic carbocycles. The molecule has 1 rings (SSSR count). The number of amides is 1. The second-order valence-corrected chi connectivity index (χ2v) is 7.20. The van der Waals surface area contributed by atoms with Gasteiger partial charge < -0.3 is 4.90 Å². The molecule has 0 bridgehead atoms. The first-order chi connectivity index (χ1) is 8.55. The van der Waals surface area contributed by atoms with Gasteiger partial charge in [-0.15, -0.1) is 0 Å². The maximum Gasteiger partial charge on any atom is 0.264 e. The predicted molar refractivity (Wildman–Crippen MR) is 72.6 cm³/mol. The van der Waals surface area contributed by atoms with Gasteiger partial charge in [-0.25, -0.2) is 8.42 Å². The van der Waals surface area contributed by atoms with Crippen LogP contribution in [0.4, 0.5) is 0 Å². The molecule has 108 valence electrons. The molecule has 1 heterocycles. The van der Waals surface area contributed by atoms with Crippen LogP contribution in [0.2, 0.25) is 0 Å². The lowest BCUT2D eigenvalue weighted by molar-refractivity contribution is -0.132. The van der Waals surface area contributed by atoms with E-state index in [9.17, 15) is 13.2 Å². The van der Waals surface area contributed by atoms with Gasteiger partial charge in [-0.2, -0.15) is 5.10 Å². The topological polar surface area (TPSA) is 72.3 Å². The third-order valence-electron chi connectivity index (χ3n) is 3.01. The number of likely N-dealkylation sites (N-methyl/N-ethyl adjacent to an activating group) is 1. The number of aryl methyl sites for hydroxylation is 1. The molecule has 0 saturated heterocycles. The lowest BCUT2D eigenvalue weighted by Crippen LogP contribution is -2.36. The van der Waals surface area contributed by atoms with Crippen molar-refractivity contribution in [1.82, 2.24) is 14.7 Å². The van der Waals surface area contributed by atoms with Crippen molar-refractivity contribution in [3.8, 4) is 0 Å². The van der Waals surface area contributed by atoms with E-state index < -0.39 is 9.05 Å². The monoisotopic (exact) mass is 307 g/mol. The molecule has 0 unspecified atom stereocenters. The first-order valence-corrected chi connectivity index (χ1v) is 8.11. The zero-order valence-electron chi connectivity index (χ0n) is 11.6. The maximum absolute atomic E-state index is 12.0. The van der Waals surface area contributed by atoms with Gasteiger partial charge in [0.1, 0.15) is 11.4 Å². The number of carbonyl (C=O) groups is 1. The molecule has 0 aliphatic rings. The van der Waals surface area contributed by atoms with Crippen LogP contribution >= 0.6 is 10.7 Å². The molecule has 0 aliphatic heterocycles. The highest BCUT2D eigenvalue weighted by atomic mass is 35.7. The second kappa shape index (κ2) is 5.50.